The number of hydrogen-bond acceptors (Lipinski definition) is 7. The first-order chi connectivity index (χ1) is 16.0. The lowest BCUT2D eigenvalue weighted by Crippen LogP contribution is -2.37. The highest BCUT2D eigenvalue weighted by Crippen LogP contribution is 2.36. The van der Waals surface area contributed by atoms with Crippen molar-refractivity contribution in [2.45, 2.75) is 12.8 Å². The molecule has 3 aliphatic rings. The smallest absolute Gasteiger partial charge is 0.293 e. The van der Waals surface area contributed by atoms with Crippen LogP contribution in [-0.4, -0.2) is 47.7 Å². The average molecular weight is 465 g/mol. The molecule has 0 aliphatic carbocycles. The monoisotopic (exact) mass is 465 g/mol. The summed E-state index contributed by atoms with van der Waals surface area (Å²) in [7, 11) is 0. The number of nitrogens with zero attached hydrogens (tertiary/aromatic N) is 1. The van der Waals surface area contributed by atoms with Crippen molar-refractivity contribution < 1.29 is 28.7 Å². The molecule has 1 fully saturated rings. The third-order valence-electron chi connectivity index (χ3n) is 5.45. The number of hydrogen-bond donors (Lipinski definition) is 2. The predicted molar refractivity (Wildman–Crippen MR) is 121 cm³/mol. The molecule has 3 heterocycles. The molecule has 0 bridgehead atoms. The van der Waals surface area contributed by atoms with E-state index in [0.717, 1.165) is 33.5 Å². The van der Waals surface area contributed by atoms with Crippen molar-refractivity contribution in [3.63, 3.8) is 0 Å². The zero-order chi connectivity index (χ0) is 22.9. The van der Waals surface area contributed by atoms with E-state index in [1.54, 1.807) is 42.5 Å². The van der Waals surface area contributed by atoms with Crippen LogP contribution in [0.4, 0.5) is 10.5 Å². The Morgan fingerprint density at radius 1 is 1.09 bits per heavy atom. The van der Waals surface area contributed by atoms with E-state index in [1.807, 2.05) is 0 Å². The van der Waals surface area contributed by atoms with Crippen molar-refractivity contribution in [1.82, 2.24) is 10.2 Å². The first-order valence-electron chi connectivity index (χ1n) is 10.3. The maximum Gasteiger partial charge on any atom is 0.293 e. The topological polar surface area (TPSA) is 114 Å². The van der Waals surface area contributed by atoms with Crippen LogP contribution < -0.4 is 20.1 Å². The molecule has 0 atom stereocenters. The molecule has 0 aromatic heterocycles. The van der Waals surface area contributed by atoms with Gasteiger partial charge in [0.1, 0.15) is 0 Å². The van der Waals surface area contributed by atoms with Gasteiger partial charge < -0.3 is 20.1 Å². The Hall–Kier alpha value is -3.79. The Morgan fingerprint density at radius 3 is 2.82 bits per heavy atom. The van der Waals surface area contributed by atoms with Crippen molar-refractivity contribution >= 4 is 46.5 Å². The van der Waals surface area contributed by atoms with Crippen molar-refractivity contribution in [3.05, 3.63) is 58.0 Å². The van der Waals surface area contributed by atoms with Gasteiger partial charge in [-0.25, -0.2) is 0 Å². The van der Waals surface area contributed by atoms with Gasteiger partial charge in [-0.05, 0) is 65.7 Å². The van der Waals surface area contributed by atoms with Crippen LogP contribution >= 0.6 is 11.8 Å². The zero-order valence-corrected chi connectivity index (χ0v) is 18.2. The van der Waals surface area contributed by atoms with Crippen LogP contribution in [0.15, 0.2) is 41.3 Å². The first-order valence-corrected chi connectivity index (χ1v) is 11.2. The van der Waals surface area contributed by atoms with Crippen LogP contribution in [0.25, 0.3) is 6.08 Å². The van der Waals surface area contributed by atoms with E-state index in [9.17, 15) is 19.2 Å². The summed E-state index contributed by atoms with van der Waals surface area (Å²) in [6.45, 7) is 0.348. The molecular formula is C23H19N3O6S. The third kappa shape index (κ3) is 4.29. The predicted octanol–water partition coefficient (Wildman–Crippen LogP) is 2.77. The number of benzene rings is 2. The molecule has 9 nitrogen and oxygen atoms in total. The average Bonchev–Trinajstić information content (AvgIpc) is 3.38. The summed E-state index contributed by atoms with van der Waals surface area (Å²) < 4.78 is 10.6. The summed E-state index contributed by atoms with van der Waals surface area (Å²) in [5, 5.41) is 5.14. The number of imide groups is 1. The summed E-state index contributed by atoms with van der Waals surface area (Å²) in [6.07, 6.45) is 2.60. The van der Waals surface area contributed by atoms with E-state index in [4.69, 9.17) is 9.47 Å². The van der Waals surface area contributed by atoms with Crippen LogP contribution in [0.2, 0.25) is 0 Å². The molecule has 2 aromatic rings. The molecule has 2 aromatic carbocycles. The van der Waals surface area contributed by atoms with Gasteiger partial charge in [-0.3, -0.25) is 24.1 Å². The highest BCUT2D eigenvalue weighted by Gasteiger charge is 2.34. The van der Waals surface area contributed by atoms with Gasteiger partial charge in [0.2, 0.25) is 12.7 Å². The van der Waals surface area contributed by atoms with Crippen LogP contribution in [0.5, 0.6) is 11.5 Å². The number of nitrogens with one attached hydrogen (secondary N) is 2. The molecule has 0 spiro atoms. The molecule has 0 radical (unpaired) electrons. The minimum atomic E-state index is -0.401. The summed E-state index contributed by atoms with van der Waals surface area (Å²) in [5.41, 5.74) is 2.81. The lowest BCUT2D eigenvalue weighted by molar-refractivity contribution is -0.122. The van der Waals surface area contributed by atoms with Gasteiger partial charge in [-0.2, -0.15) is 0 Å². The molecule has 168 valence electrons. The third-order valence-corrected chi connectivity index (χ3v) is 6.36. The molecular weight excluding hydrogens is 446 g/mol. The lowest BCUT2D eigenvalue weighted by Gasteiger charge is -2.17. The van der Waals surface area contributed by atoms with Gasteiger partial charge in [-0.15, -0.1) is 0 Å². The van der Waals surface area contributed by atoms with E-state index in [0.29, 0.717) is 34.8 Å². The summed E-state index contributed by atoms with van der Waals surface area (Å²) >= 11 is 0.860. The molecule has 5 rings (SSSR count). The van der Waals surface area contributed by atoms with Gasteiger partial charge in [-0.1, -0.05) is 6.07 Å². The molecule has 0 unspecified atom stereocenters. The summed E-state index contributed by atoms with van der Waals surface area (Å²) in [4.78, 5) is 50.4. The molecule has 33 heavy (non-hydrogen) atoms. The number of thioether (sulfide) groups is 1. The summed E-state index contributed by atoms with van der Waals surface area (Å²) in [6, 6.07) is 10.4. The largest absolute Gasteiger partial charge is 0.454 e. The maximum atomic E-state index is 12.7. The summed E-state index contributed by atoms with van der Waals surface area (Å²) in [5.74, 6) is 0.485. The van der Waals surface area contributed by atoms with E-state index in [1.165, 1.54) is 0 Å². The normalized spacial score (nSPS) is 17.9. The van der Waals surface area contributed by atoms with Gasteiger partial charge in [0.05, 0.1) is 4.91 Å². The van der Waals surface area contributed by atoms with Gasteiger partial charge in [0.15, 0.2) is 11.5 Å². The second-order valence-corrected chi connectivity index (χ2v) is 8.62. The molecule has 0 saturated carbocycles. The molecule has 10 heteroatoms. The number of carbonyl (C=O) groups is 4. The van der Waals surface area contributed by atoms with Crippen LogP contribution in [0.1, 0.15) is 27.9 Å². The van der Waals surface area contributed by atoms with Crippen molar-refractivity contribution in [1.29, 1.82) is 0 Å². The number of amides is 4. The Kier molecular flexibility index (Phi) is 5.51. The first kappa shape index (κ1) is 21.1. The van der Waals surface area contributed by atoms with E-state index in [-0.39, 0.29) is 36.9 Å². The number of fused-ring (bicyclic) bond motifs is 2. The number of anilines is 1. The SMILES string of the molecule is O=C1CCc2cc(C(=O)NCCN3C(=O)S/C(=C\c4ccc5c(c4)OCO5)C3=O)ccc2N1. The molecule has 1 saturated heterocycles. The van der Waals surface area contributed by atoms with Crippen LogP contribution in [-0.2, 0) is 16.0 Å². The fraction of sp³-hybridized carbons (Fsp3) is 0.217. The van der Waals surface area contributed by atoms with Gasteiger partial charge in [0, 0.05) is 30.8 Å². The quantitative estimate of drug-likeness (QED) is 0.653. The fourth-order valence-electron chi connectivity index (χ4n) is 3.75. The lowest BCUT2D eigenvalue weighted by atomic mass is 10.00. The highest BCUT2D eigenvalue weighted by atomic mass is 32.2. The second-order valence-electron chi connectivity index (χ2n) is 7.62. The Balaban J connectivity index is 1.19. The number of ether oxygens (including phenoxy) is 2. The highest BCUT2D eigenvalue weighted by molar-refractivity contribution is 8.18. The fourth-order valence-corrected chi connectivity index (χ4v) is 4.62. The number of carbonyl (C=O) groups excluding carboxylic acids is 4. The van der Waals surface area contributed by atoms with Crippen LogP contribution in [0.3, 0.4) is 0 Å². The van der Waals surface area contributed by atoms with E-state index in [2.05, 4.69) is 10.6 Å². The minimum Gasteiger partial charge on any atom is -0.454 e. The standard InChI is InChI=1S/C23H19N3O6S/c27-20-6-3-14-11-15(2-4-16(14)25-20)21(28)24-7-8-26-22(29)19(33-23(26)30)10-13-1-5-17-18(9-13)32-12-31-17/h1-2,4-5,9-11H,3,6-8,12H2,(H,24,28)(H,25,27)/b19-10-. The van der Waals surface area contributed by atoms with Crippen molar-refractivity contribution in [2.75, 3.05) is 25.2 Å². The van der Waals surface area contributed by atoms with Gasteiger partial charge >= 0.3 is 0 Å². The van der Waals surface area contributed by atoms with Crippen molar-refractivity contribution in [3.8, 4) is 11.5 Å². The Bertz CT molecular complexity index is 1220. The molecule has 3 aliphatic heterocycles. The minimum absolute atomic E-state index is 0.0375. The van der Waals surface area contributed by atoms with Crippen LogP contribution in [0, 0.1) is 0 Å². The van der Waals surface area contributed by atoms with Gasteiger partial charge in [0.25, 0.3) is 17.1 Å². The Labute approximate surface area is 193 Å². The molecule has 4 amide bonds. The number of rotatable bonds is 5. The van der Waals surface area contributed by atoms with Crippen molar-refractivity contribution in [2.24, 2.45) is 0 Å². The maximum absolute atomic E-state index is 12.7. The van der Waals surface area contributed by atoms with E-state index >= 15 is 0 Å². The zero-order valence-electron chi connectivity index (χ0n) is 17.4. The molecule has 2 N–H and O–H groups in total. The Morgan fingerprint density at radius 2 is 1.94 bits per heavy atom. The van der Waals surface area contributed by atoms with E-state index < -0.39 is 5.91 Å². The second kappa shape index (κ2) is 8.62. The number of aryl methyl sites for hydroxylation is 1.